The third-order valence-electron chi connectivity index (χ3n) is 5.79. The van der Waals surface area contributed by atoms with Gasteiger partial charge in [0.05, 0.1) is 13.5 Å². The molecular weight excluding hydrogens is 384 g/mol. The molecule has 0 aliphatic heterocycles. The highest BCUT2D eigenvalue weighted by Crippen LogP contribution is 2.36. The number of methoxy groups -OCH3 is 1. The van der Waals surface area contributed by atoms with Gasteiger partial charge in [-0.1, -0.05) is 31.0 Å². The van der Waals surface area contributed by atoms with Gasteiger partial charge in [-0.3, -0.25) is 9.59 Å². The number of rotatable bonds is 8. The Kier molecular flexibility index (Phi) is 6.19. The van der Waals surface area contributed by atoms with Crippen molar-refractivity contribution in [2.45, 2.75) is 63.1 Å². The van der Waals surface area contributed by atoms with E-state index in [1.54, 1.807) is 18.4 Å². The smallest absolute Gasteiger partial charge is 0.247 e. The molecule has 0 radical (unpaired) electrons. The third-order valence-corrected chi connectivity index (χ3v) is 6.67. The summed E-state index contributed by atoms with van der Waals surface area (Å²) in [5.41, 5.74) is 0.840. The van der Waals surface area contributed by atoms with E-state index in [0.717, 1.165) is 54.7 Å². The van der Waals surface area contributed by atoms with Crippen LogP contribution in [-0.4, -0.2) is 35.9 Å². The number of carbonyl (C=O) groups excluding carboxylic acids is 2. The third kappa shape index (κ3) is 4.81. The first-order valence-corrected chi connectivity index (χ1v) is 11.3. The highest BCUT2D eigenvalue weighted by Gasteiger charge is 2.41. The molecule has 1 aromatic carbocycles. The van der Waals surface area contributed by atoms with Crippen LogP contribution in [0.15, 0.2) is 41.8 Å². The summed E-state index contributed by atoms with van der Waals surface area (Å²) >= 11 is 1.58. The van der Waals surface area contributed by atoms with Crippen molar-refractivity contribution in [3.8, 4) is 5.75 Å². The Labute approximate surface area is 176 Å². The lowest BCUT2D eigenvalue weighted by Crippen LogP contribution is -2.47. The van der Waals surface area contributed by atoms with E-state index < -0.39 is 6.04 Å². The summed E-state index contributed by atoms with van der Waals surface area (Å²) in [4.78, 5) is 29.6. The number of hydrogen-bond donors (Lipinski definition) is 1. The fourth-order valence-electron chi connectivity index (χ4n) is 4.14. The number of amides is 2. The van der Waals surface area contributed by atoms with E-state index in [4.69, 9.17) is 4.74 Å². The maximum Gasteiger partial charge on any atom is 0.247 e. The van der Waals surface area contributed by atoms with E-state index in [9.17, 15) is 9.59 Å². The van der Waals surface area contributed by atoms with Crippen LogP contribution in [0, 0.1) is 0 Å². The van der Waals surface area contributed by atoms with Crippen molar-refractivity contribution in [1.82, 2.24) is 10.2 Å². The van der Waals surface area contributed by atoms with E-state index in [2.05, 4.69) is 5.32 Å². The van der Waals surface area contributed by atoms with Crippen molar-refractivity contribution in [2.24, 2.45) is 0 Å². The zero-order valence-electron chi connectivity index (χ0n) is 16.8. The molecule has 6 heteroatoms. The number of nitrogens with zero attached hydrogens (tertiary/aromatic N) is 1. The highest BCUT2D eigenvalue weighted by atomic mass is 32.1. The van der Waals surface area contributed by atoms with Gasteiger partial charge in [0.2, 0.25) is 11.8 Å². The summed E-state index contributed by atoms with van der Waals surface area (Å²) in [5, 5.41) is 5.21. The summed E-state index contributed by atoms with van der Waals surface area (Å²) in [6, 6.07) is 11.2. The van der Waals surface area contributed by atoms with Crippen LogP contribution in [0.1, 0.15) is 55.0 Å². The second-order valence-corrected chi connectivity index (χ2v) is 8.99. The van der Waals surface area contributed by atoms with Crippen LogP contribution >= 0.6 is 11.3 Å². The van der Waals surface area contributed by atoms with E-state index in [-0.39, 0.29) is 23.9 Å². The van der Waals surface area contributed by atoms with E-state index >= 15 is 0 Å². The standard InChI is InChI=1S/C23H28N2O3S/c1-28-19-12-8-16(9-13-19)22(23(27)24-17-5-2-3-6-17)25(18-10-11-18)21(26)15-20-7-4-14-29-20/h4,7-9,12-14,17-18,22H,2-3,5-6,10-11,15H2,1H3,(H,24,27). The molecule has 2 aliphatic carbocycles. The second-order valence-electron chi connectivity index (χ2n) is 7.95. The predicted molar refractivity (Wildman–Crippen MR) is 114 cm³/mol. The molecule has 5 nitrogen and oxygen atoms in total. The molecule has 1 N–H and O–H groups in total. The molecule has 1 atom stereocenters. The van der Waals surface area contributed by atoms with Crippen LogP contribution < -0.4 is 10.1 Å². The Morgan fingerprint density at radius 2 is 1.86 bits per heavy atom. The van der Waals surface area contributed by atoms with Gasteiger partial charge in [0.25, 0.3) is 0 Å². The first-order valence-electron chi connectivity index (χ1n) is 10.4. The maximum atomic E-state index is 13.4. The molecule has 29 heavy (non-hydrogen) atoms. The molecule has 1 heterocycles. The molecule has 2 fully saturated rings. The molecule has 4 rings (SSSR count). The summed E-state index contributed by atoms with van der Waals surface area (Å²) < 4.78 is 5.28. The first kappa shape index (κ1) is 20.0. The molecule has 2 aromatic rings. The summed E-state index contributed by atoms with van der Waals surface area (Å²) in [6.45, 7) is 0. The number of ether oxygens (including phenoxy) is 1. The van der Waals surface area contributed by atoms with Crippen LogP contribution in [0.5, 0.6) is 5.75 Å². The van der Waals surface area contributed by atoms with Gasteiger partial charge in [0.1, 0.15) is 11.8 Å². The van der Waals surface area contributed by atoms with Crippen molar-refractivity contribution in [1.29, 1.82) is 0 Å². The maximum absolute atomic E-state index is 13.4. The van der Waals surface area contributed by atoms with Crippen molar-refractivity contribution >= 4 is 23.2 Å². The van der Waals surface area contributed by atoms with E-state index in [1.165, 1.54) is 0 Å². The van der Waals surface area contributed by atoms with Crippen LogP contribution in [0.2, 0.25) is 0 Å². The Morgan fingerprint density at radius 3 is 2.45 bits per heavy atom. The minimum atomic E-state index is -0.596. The Hall–Kier alpha value is -2.34. The van der Waals surface area contributed by atoms with Crippen molar-refractivity contribution in [3.63, 3.8) is 0 Å². The lowest BCUT2D eigenvalue weighted by molar-refractivity contribution is -0.141. The van der Waals surface area contributed by atoms with Gasteiger partial charge >= 0.3 is 0 Å². The minimum Gasteiger partial charge on any atom is -0.497 e. The lowest BCUT2D eigenvalue weighted by atomic mass is 10.0. The van der Waals surface area contributed by atoms with Crippen molar-refractivity contribution in [2.75, 3.05) is 7.11 Å². The SMILES string of the molecule is COc1ccc(C(C(=O)NC2CCCC2)N(C(=O)Cc2cccs2)C2CC2)cc1. The normalized spacial score (nSPS) is 17.7. The van der Waals surface area contributed by atoms with Crippen LogP contribution in [-0.2, 0) is 16.0 Å². The number of benzene rings is 1. The van der Waals surface area contributed by atoms with Gasteiger partial charge in [-0.25, -0.2) is 0 Å². The molecule has 0 bridgehead atoms. The van der Waals surface area contributed by atoms with Gasteiger partial charge in [-0.15, -0.1) is 11.3 Å². The molecule has 2 aliphatic rings. The zero-order valence-corrected chi connectivity index (χ0v) is 17.6. The van der Waals surface area contributed by atoms with Gasteiger partial charge in [0.15, 0.2) is 0 Å². The highest BCUT2D eigenvalue weighted by molar-refractivity contribution is 7.10. The quantitative estimate of drug-likeness (QED) is 0.710. The first-order chi connectivity index (χ1) is 14.2. The Balaban J connectivity index is 1.62. The summed E-state index contributed by atoms with van der Waals surface area (Å²) in [5.74, 6) is 0.706. The molecule has 1 aromatic heterocycles. The molecule has 0 saturated heterocycles. The Morgan fingerprint density at radius 1 is 1.14 bits per heavy atom. The van der Waals surface area contributed by atoms with Gasteiger partial charge in [-0.05, 0) is 54.8 Å². The van der Waals surface area contributed by atoms with Gasteiger partial charge in [-0.2, -0.15) is 0 Å². The second kappa shape index (κ2) is 8.99. The van der Waals surface area contributed by atoms with E-state index in [1.807, 2.05) is 46.7 Å². The number of hydrogen-bond acceptors (Lipinski definition) is 4. The number of carbonyl (C=O) groups is 2. The molecule has 0 spiro atoms. The van der Waals surface area contributed by atoms with Crippen LogP contribution in [0.4, 0.5) is 0 Å². The molecule has 1 unspecified atom stereocenters. The minimum absolute atomic E-state index is 0.0253. The summed E-state index contributed by atoms with van der Waals surface area (Å²) in [7, 11) is 1.63. The summed E-state index contributed by atoms with van der Waals surface area (Å²) in [6.07, 6.45) is 6.61. The molecular formula is C23H28N2O3S. The van der Waals surface area contributed by atoms with Crippen molar-refractivity contribution < 1.29 is 14.3 Å². The zero-order chi connectivity index (χ0) is 20.2. The predicted octanol–water partition coefficient (Wildman–Crippen LogP) is 4.09. The fourth-order valence-corrected chi connectivity index (χ4v) is 4.84. The average Bonchev–Trinajstić information content (AvgIpc) is 3.18. The number of thiophene rings is 1. The average molecular weight is 413 g/mol. The topological polar surface area (TPSA) is 58.6 Å². The molecule has 154 valence electrons. The monoisotopic (exact) mass is 412 g/mol. The number of nitrogens with one attached hydrogen (secondary N) is 1. The van der Waals surface area contributed by atoms with Crippen LogP contribution in [0.25, 0.3) is 0 Å². The largest absolute Gasteiger partial charge is 0.497 e. The Bertz CT molecular complexity index is 824. The van der Waals surface area contributed by atoms with Crippen LogP contribution in [0.3, 0.4) is 0 Å². The van der Waals surface area contributed by atoms with Crippen molar-refractivity contribution in [3.05, 3.63) is 52.2 Å². The lowest BCUT2D eigenvalue weighted by Gasteiger charge is -2.32. The van der Waals surface area contributed by atoms with Gasteiger partial charge < -0.3 is 15.0 Å². The van der Waals surface area contributed by atoms with E-state index in [0.29, 0.717) is 6.42 Å². The molecule has 2 saturated carbocycles. The molecule has 2 amide bonds. The fraction of sp³-hybridized carbons (Fsp3) is 0.478. The van der Waals surface area contributed by atoms with Gasteiger partial charge in [0, 0.05) is 17.0 Å².